The lowest BCUT2D eigenvalue weighted by Crippen LogP contribution is -2.30. The van der Waals surface area contributed by atoms with E-state index >= 15 is 0 Å². The molecule has 0 aromatic heterocycles. The molecule has 2 nitrogen and oxygen atoms in total. The van der Waals surface area contributed by atoms with Crippen LogP contribution in [0.25, 0.3) is 0 Å². The molecule has 0 bridgehead atoms. The van der Waals surface area contributed by atoms with Gasteiger partial charge in [0.15, 0.2) is 0 Å². The normalized spacial score (nSPS) is 12.4. The van der Waals surface area contributed by atoms with E-state index in [0.717, 1.165) is 44.6 Å². The Morgan fingerprint density at radius 3 is 2.53 bits per heavy atom. The van der Waals surface area contributed by atoms with Crippen molar-refractivity contribution in [2.24, 2.45) is 0 Å². The Kier molecular flexibility index (Phi) is 7.49. The van der Waals surface area contributed by atoms with E-state index in [-0.39, 0.29) is 5.82 Å². The number of nitrogens with zero attached hydrogens (tertiary/aromatic N) is 1. The van der Waals surface area contributed by atoms with Crippen molar-refractivity contribution in [3.8, 4) is 0 Å². The van der Waals surface area contributed by atoms with E-state index in [0.29, 0.717) is 6.04 Å². The second-order valence-electron chi connectivity index (χ2n) is 4.84. The van der Waals surface area contributed by atoms with Crippen molar-refractivity contribution in [1.29, 1.82) is 0 Å². The van der Waals surface area contributed by atoms with Crippen molar-refractivity contribution < 1.29 is 4.39 Å². The van der Waals surface area contributed by atoms with Crippen molar-refractivity contribution in [1.82, 2.24) is 5.32 Å². The third-order valence-corrected chi connectivity index (χ3v) is 3.54. The fourth-order valence-electron chi connectivity index (χ4n) is 2.42. The minimum Gasteiger partial charge on any atom is -0.369 e. The van der Waals surface area contributed by atoms with E-state index < -0.39 is 0 Å². The molecule has 19 heavy (non-hydrogen) atoms. The van der Waals surface area contributed by atoms with Crippen LogP contribution in [0.1, 0.15) is 40.0 Å². The quantitative estimate of drug-likeness (QED) is 0.731. The molecule has 1 unspecified atom stereocenters. The summed E-state index contributed by atoms with van der Waals surface area (Å²) >= 11 is 0. The van der Waals surface area contributed by atoms with Crippen molar-refractivity contribution in [2.45, 2.75) is 46.1 Å². The molecule has 1 rings (SSSR count). The first-order chi connectivity index (χ1) is 9.22. The molecule has 0 heterocycles. The molecule has 0 aliphatic heterocycles. The minimum absolute atomic E-state index is 0.122. The molecule has 0 fully saturated rings. The average Bonchev–Trinajstić information content (AvgIpc) is 2.43. The first-order valence-electron chi connectivity index (χ1n) is 7.45. The van der Waals surface area contributed by atoms with Gasteiger partial charge in [0.1, 0.15) is 5.82 Å². The van der Waals surface area contributed by atoms with Crippen LogP contribution in [0.4, 0.5) is 10.1 Å². The third-order valence-electron chi connectivity index (χ3n) is 3.54. The monoisotopic (exact) mass is 266 g/mol. The van der Waals surface area contributed by atoms with E-state index in [4.69, 9.17) is 0 Å². The van der Waals surface area contributed by atoms with Gasteiger partial charge >= 0.3 is 0 Å². The number of halogens is 1. The highest BCUT2D eigenvalue weighted by molar-refractivity contribution is 5.47. The summed E-state index contributed by atoms with van der Waals surface area (Å²) in [5.41, 5.74) is 0.724. The molecule has 3 heteroatoms. The lowest BCUT2D eigenvalue weighted by atomic mass is 10.1. The van der Waals surface area contributed by atoms with Gasteiger partial charge in [0.05, 0.1) is 5.69 Å². The van der Waals surface area contributed by atoms with E-state index in [9.17, 15) is 4.39 Å². The van der Waals surface area contributed by atoms with Crippen LogP contribution in [0.3, 0.4) is 0 Å². The number of hydrogen-bond donors (Lipinski definition) is 1. The zero-order valence-corrected chi connectivity index (χ0v) is 12.5. The summed E-state index contributed by atoms with van der Waals surface area (Å²) < 4.78 is 13.7. The fraction of sp³-hybridized carbons (Fsp3) is 0.625. The molecule has 1 atom stereocenters. The second-order valence-corrected chi connectivity index (χ2v) is 4.84. The number of rotatable bonds is 9. The molecular formula is C16H27FN2. The maximum absolute atomic E-state index is 13.7. The molecular weight excluding hydrogens is 239 g/mol. The average molecular weight is 266 g/mol. The zero-order valence-electron chi connectivity index (χ0n) is 12.5. The Morgan fingerprint density at radius 2 is 1.95 bits per heavy atom. The highest BCUT2D eigenvalue weighted by atomic mass is 19.1. The van der Waals surface area contributed by atoms with Gasteiger partial charge < -0.3 is 10.2 Å². The largest absolute Gasteiger partial charge is 0.369 e. The molecule has 1 N–H and O–H groups in total. The first kappa shape index (κ1) is 16.0. The summed E-state index contributed by atoms with van der Waals surface area (Å²) in [6.45, 7) is 9.21. The highest BCUT2D eigenvalue weighted by Gasteiger charge is 2.10. The predicted molar refractivity (Wildman–Crippen MR) is 81.3 cm³/mol. The van der Waals surface area contributed by atoms with Gasteiger partial charge in [-0.25, -0.2) is 4.39 Å². The summed E-state index contributed by atoms with van der Waals surface area (Å²) in [5, 5.41) is 3.48. The molecule has 0 spiro atoms. The van der Waals surface area contributed by atoms with Gasteiger partial charge in [-0.05, 0) is 44.9 Å². The number of anilines is 1. The molecule has 0 radical (unpaired) electrons. The molecule has 0 saturated carbocycles. The van der Waals surface area contributed by atoms with Gasteiger partial charge in [0.25, 0.3) is 0 Å². The lowest BCUT2D eigenvalue weighted by molar-refractivity contribution is 0.466. The third kappa shape index (κ3) is 5.19. The fourth-order valence-corrected chi connectivity index (χ4v) is 2.42. The Morgan fingerprint density at radius 1 is 1.21 bits per heavy atom. The lowest BCUT2D eigenvalue weighted by Gasteiger charge is -2.25. The molecule has 0 saturated heterocycles. The van der Waals surface area contributed by atoms with Gasteiger partial charge in [-0.3, -0.25) is 0 Å². The van der Waals surface area contributed by atoms with Crippen LogP contribution in [-0.2, 0) is 0 Å². The summed E-state index contributed by atoms with van der Waals surface area (Å²) in [4.78, 5) is 2.12. The number of benzene rings is 1. The van der Waals surface area contributed by atoms with Gasteiger partial charge in [0, 0.05) is 19.1 Å². The summed E-state index contributed by atoms with van der Waals surface area (Å²) in [6.07, 6.45) is 3.39. The van der Waals surface area contributed by atoms with Crippen LogP contribution in [0.2, 0.25) is 0 Å². The zero-order chi connectivity index (χ0) is 14.1. The molecule has 108 valence electrons. The maximum atomic E-state index is 13.7. The first-order valence-corrected chi connectivity index (χ1v) is 7.45. The van der Waals surface area contributed by atoms with Crippen LogP contribution < -0.4 is 10.2 Å². The summed E-state index contributed by atoms with van der Waals surface area (Å²) in [6, 6.07) is 7.62. The molecule has 0 aliphatic carbocycles. The maximum Gasteiger partial charge on any atom is 0.146 e. The van der Waals surface area contributed by atoms with Gasteiger partial charge in [-0.15, -0.1) is 0 Å². The Labute approximate surface area is 117 Å². The molecule has 0 amide bonds. The SMILES string of the molecule is CCNC(CC)CCCN(CC)c1ccccc1F. The van der Waals surface area contributed by atoms with Gasteiger partial charge in [-0.1, -0.05) is 26.0 Å². The molecule has 1 aromatic carbocycles. The van der Waals surface area contributed by atoms with Gasteiger partial charge in [0.2, 0.25) is 0 Å². The number of hydrogen-bond acceptors (Lipinski definition) is 2. The van der Waals surface area contributed by atoms with E-state index in [2.05, 4.69) is 31.0 Å². The Hall–Kier alpha value is -1.09. The number of nitrogens with one attached hydrogen (secondary N) is 1. The van der Waals surface area contributed by atoms with Crippen LogP contribution in [0.5, 0.6) is 0 Å². The van der Waals surface area contributed by atoms with Crippen LogP contribution in [0, 0.1) is 5.82 Å². The van der Waals surface area contributed by atoms with Crippen LogP contribution in [-0.4, -0.2) is 25.7 Å². The van der Waals surface area contributed by atoms with E-state index in [1.807, 2.05) is 12.1 Å². The van der Waals surface area contributed by atoms with E-state index in [1.54, 1.807) is 6.07 Å². The van der Waals surface area contributed by atoms with Crippen molar-refractivity contribution in [2.75, 3.05) is 24.5 Å². The second kappa shape index (κ2) is 8.92. The number of para-hydroxylation sites is 1. The topological polar surface area (TPSA) is 15.3 Å². The van der Waals surface area contributed by atoms with Crippen molar-refractivity contribution in [3.05, 3.63) is 30.1 Å². The van der Waals surface area contributed by atoms with Crippen LogP contribution in [0.15, 0.2) is 24.3 Å². The Balaban J connectivity index is 2.47. The predicted octanol–water partition coefficient (Wildman–Crippen LogP) is 3.82. The van der Waals surface area contributed by atoms with Crippen molar-refractivity contribution >= 4 is 5.69 Å². The summed E-state index contributed by atoms with van der Waals surface area (Å²) in [7, 11) is 0. The van der Waals surface area contributed by atoms with Crippen LogP contribution >= 0.6 is 0 Å². The smallest absolute Gasteiger partial charge is 0.146 e. The minimum atomic E-state index is -0.122. The highest BCUT2D eigenvalue weighted by Crippen LogP contribution is 2.19. The standard InChI is InChI=1S/C16H27FN2/c1-4-14(18-5-2)10-9-13-19(6-3)16-12-8-7-11-15(16)17/h7-8,11-12,14,18H,4-6,9-10,13H2,1-3H3. The molecule has 1 aromatic rings. The Bertz CT molecular complexity index is 354. The van der Waals surface area contributed by atoms with Gasteiger partial charge in [-0.2, -0.15) is 0 Å². The summed E-state index contributed by atoms with van der Waals surface area (Å²) in [5.74, 6) is -0.122. The molecule has 0 aliphatic rings. The van der Waals surface area contributed by atoms with E-state index in [1.165, 1.54) is 6.07 Å². The van der Waals surface area contributed by atoms with Crippen molar-refractivity contribution in [3.63, 3.8) is 0 Å².